The number of benzene rings is 3. The van der Waals surface area contributed by atoms with Crippen molar-refractivity contribution in [3.05, 3.63) is 94.0 Å². The third kappa shape index (κ3) is 6.00. The lowest BCUT2D eigenvalue weighted by atomic mass is 9.98. The van der Waals surface area contributed by atoms with Gasteiger partial charge in [-0.25, -0.2) is 8.78 Å². The van der Waals surface area contributed by atoms with Crippen molar-refractivity contribution >= 4 is 11.6 Å². The fraction of sp³-hybridized carbons (Fsp3) is 0.379. The minimum atomic E-state index is -0.737. The van der Waals surface area contributed by atoms with Crippen molar-refractivity contribution in [2.24, 2.45) is 0 Å². The van der Waals surface area contributed by atoms with Crippen LogP contribution in [0.25, 0.3) is 0 Å². The highest BCUT2D eigenvalue weighted by Gasteiger charge is 2.30. The highest BCUT2D eigenvalue weighted by molar-refractivity contribution is 6.32. The Morgan fingerprint density at radius 2 is 1.72 bits per heavy atom. The van der Waals surface area contributed by atoms with Gasteiger partial charge in [0.25, 0.3) is 0 Å². The first-order valence-corrected chi connectivity index (χ1v) is 12.9. The predicted octanol–water partition coefficient (Wildman–Crippen LogP) is 5.96. The zero-order valence-electron chi connectivity index (χ0n) is 20.0. The fourth-order valence-corrected chi connectivity index (χ4v) is 5.38. The second-order valence-corrected chi connectivity index (χ2v) is 10.1. The summed E-state index contributed by atoms with van der Waals surface area (Å²) in [5.41, 5.74) is 2.80. The number of hydrogen-bond donors (Lipinski definition) is 1. The van der Waals surface area contributed by atoms with E-state index < -0.39 is 12.2 Å². The molecule has 2 heterocycles. The van der Waals surface area contributed by atoms with Crippen molar-refractivity contribution in [3.8, 4) is 11.5 Å². The molecule has 0 aromatic heterocycles. The standard InChI is InChI=1S/C29H30ClF2NO3/c30-25-16-23(32)15-21-7-10-28(36-29(21)25)26(34)18-33(17-19-4-2-1-3-5-19)13-12-24-9-6-20-14-22(31)8-11-27(20)35-24/h1-5,8,11,14-16,24,26,28,34H,6-7,9-10,12-13,17-18H2/t24-,26+,28+/m0/s1. The molecule has 0 aliphatic carbocycles. The zero-order chi connectivity index (χ0) is 25.1. The zero-order valence-corrected chi connectivity index (χ0v) is 20.8. The van der Waals surface area contributed by atoms with Crippen LogP contribution in [0.3, 0.4) is 0 Å². The van der Waals surface area contributed by atoms with Gasteiger partial charge >= 0.3 is 0 Å². The molecule has 1 N–H and O–H groups in total. The fourth-order valence-electron chi connectivity index (χ4n) is 5.11. The van der Waals surface area contributed by atoms with Gasteiger partial charge in [0.05, 0.1) is 5.02 Å². The van der Waals surface area contributed by atoms with Crippen LogP contribution in [0.2, 0.25) is 5.02 Å². The second kappa shape index (κ2) is 11.2. The first-order chi connectivity index (χ1) is 17.4. The minimum Gasteiger partial charge on any atom is -0.490 e. The molecule has 0 unspecified atom stereocenters. The molecule has 2 aliphatic rings. The summed E-state index contributed by atoms with van der Waals surface area (Å²) in [7, 11) is 0. The van der Waals surface area contributed by atoms with E-state index in [0.29, 0.717) is 31.7 Å². The van der Waals surface area contributed by atoms with E-state index in [-0.39, 0.29) is 22.8 Å². The first-order valence-electron chi connectivity index (χ1n) is 12.5. The van der Waals surface area contributed by atoms with E-state index in [1.54, 1.807) is 12.1 Å². The van der Waals surface area contributed by atoms with E-state index in [1.165, 1.54) is 18.2 Å². The summed E-state index contributed by atoms with van der Waals surface area (Å²) in [6.45, 7) is 1.83. The number of halogens is 3. The van der Waals surface area contributed by atoms with Crippen molar-refractivity contribution in [2.45, 2.75) is 57.0 Å². The SMILES string of the molecule is O[C@H](CN(CC[C@@H]1CCc2cc(F)ccc2O1)Cc1ccccc1)[C@H]1CCc2cc(F)cc(Cl)c2O1. The highest BCUT2D eigenvalue weighted by atomic mass is 35.5. The average Bonchev–Trinajstić information content (AvgIpc) is 2.87. The lowest BCUT2D eigenvalue weighted by Gasteiger charge is -2.34. The smallest absolute Gasteiger partial charge is 0.141 e. The molecule has 3 atom stereocenters. The molecule has 0 saturated carbocycles. The Bertz CT molecular complexity index is 1190. The number of fused-ring (bicyclic) bond motifs is 2. The van der Waals surface area contributed by atoms with Crippen LogP contribution in [-0.4, -0.2) is 41.4 Å². The molecular weight excluding hydrogens is 484 g/mol. The largest absolute Gasteiger partial charge is 0.490 e. The van der Waals surface area contributed by atoms with Crippen molar-refractivity contribution < 1.29 is 23.4 Å². The van der Waals surface area contributed by atoms with Crippen LogP contribution >= 0.6 is 11.6 Å². The van der Waals surface area contributed by atoms with E-state index in [1.807, 2.05) is 18.2 Å². The molecule has 190 valence electrons. The summed E-state index contributed by atoms with van der Waals surface area (Å²) < 4.78 is 39.4. The number of aryl methyl sites for hydroxylation is 2. The average molecular weight is 514 g/mol. The summed E-state index contributed by atoms with van der Waals surface area (Å²) in [5.74, 6) is 0.601. The third-order valence-electron chi connectivity index (χ3n) is 7.00. The Balaban J connectivity index is 1.24. The van der Waals surface area contributed by atoms with Crippen LogP contribution in [0.4, 0.5) is 8.78 Å². The van der Waals surface area contributed by atoms with E-state index in [2.05, 4.69) is 17.0 Å². The maximum Gasteiger partial charge on any atom is 0.141 e. The molecule has 36 heavy (non-hydrogen) atoms. The lowest BCUT2D eigenvalue weighted by molar-refractivity contribution is -0.00199. The summed E-state index contributed by atoms with van der Waals surface area (Å²) in [6, 6.07) is 17.5. The number of ether oxygens (including phenoxy) is 2. The van der Waals surface area contributed by atoms with Crippen LogP contribution in [0.15, 0.2) is 60.7 Å². The Morgan fingerprint density at radius 1 is 0.944 bits per heavy atom. The van der Waals surface area contributed by atoms with E-state index in [0.717, 1.165) is 48.2 Å². The quantitative estimate of drug-likeness (QED) is 0.403. The predicted molar refractivity (Wildman–Crippen MR) is 136 cm³/mol. The summed E-state index contributed by atoms with van der Waals surface area (Å²) in [6.07, 6.45) is 2.46. The van der Waals surface area contributed by atoms with Gasteiger partial charge in [-0.3, -0.25) is 4.90 Å². The summed E-state index contributed by atoms with van der Waals surface area (Å²) in [5, 5.41) is 11.4. The molecular formula is C29H30ClF2NO3. The second-order valence-electron chi connectivity index (χ2n) is 9.68. The molecule has 0 saturated heterocycles. The molecule has 2 aliphatic heterocycles. The van der Waals surface area contributed by atoms with E-state index in [4.69, 9.17) is 21.1 Å². The van der Waals surface area contributed by atoms with Gasteiger partial charge in [0.1, 0.15) is 41.4 Å². The van der Waals surface area contributed by atoms with Gasteiger partial charge in [-0.1, -0.05) is 41.9 Å². The maximum absolute atomic E-state index is 13.7. The monoisotopic (exact) mass is 513 g/mol. The van der Waals surface area contributed by atoms with Gasteiger partial charge in [-0.05, 0) is 79.1 Å². The normalized spacial score (nSPS) is 19.7. The van der Waals surface area contributed by atoms with Gasteiger partial charge in [-0.15, -0.1) is 0 Å². The van der Waals surface area contributed by atoms with Crippen molar-refractivity contribution in [2.75, 3.05) is 13.1 Å². The van der Waals surface area contributed by atoms with Crippen molar-refractivity contribution in [3.63, 3.8) is 0 Å². The number of hydrogen-bond acceptors (Lipinski definition) is 4. The summed E-state index contributed by atoms with van der Waals surface area (Å²) in [4.78, 5) is 2.22. The first kappa shape index (κ1) is 25.0. The minimum absolute atomic E-state index is 0.0323. The van der Waals surface area contributed by atoms with Crippen LogP contribution < -0.4 is 9.47 Å². The molecule has 3 aromatic rings. The van der Waals surface area contributed by atoms with Gasteiger partial charge in [0.2, 0.25) is 0 Å². The van der Waals surface area contributed by atoms with Crippen LogP contribution in [0.5, 0.6) is 11.5 Å². The molecule has 4 nitrogen and oxygen atoms in total. The highest BCUT2D eigenvalue weighted by Crippen LogP contribution is 2.36. The van der Waals surface area contributed by atoms with Crippen LogP contribution in [0, 0.1) is 11.6 Å². The van der Waals surface area contributed by atoms with Crippen LogP contribution in [-0.2, 0) is 19.4 Å². The molecule has 0 radical (unpaired) electrons. The van der Waals surface area contributed by atoms with Gasteiger partial charge in [-0.2, -0.15) is 0 Å². The lowest BCUT2D eigenvalue weighted by Crippen LogP contribution is -2.44. The Hall–Kier alpha value is -2.67. The van der Waals surface area contributed by atoms with Gasteiger partial charge < -0.3 is 14.6 Å². The van der Waals surface area contributed by atoms with E-state index in [9.17, 15) is 13.9 Å². The Morgan fingerprint density at radius 3 is 2.56 bits per heavy atom. The van der Waals surface area contributed by atoms with Gasteiger partial charge in [0, 0.05) is 19.6 Å². The Kier molecular flexibility index (Phi) is 7.75. The number of aliphatic hydroxyl groups is 1. The van der Waals surface area contributed by atoms with Gasteiger partial charge in [0.15, 0.2) is 0 Å². The number of aliphatic hydroxyl groups excluding tert-OH is 1. The molecule has 0 bridgehead atoms. The number of rotatable bonds is 8. The third-order valence-corrected chi connectivity index (χ3v) is 7.28. The molecule has 7 heteroatoms. The maximum atomic E-state index is 13.7. The number of nitrogens with zero attached hydrogens (tertiary/aromatic N) is 1. The Labute approximate surface area is 215 Å². The van der Waals surface area contributed by atoms with E-state index >= 15 is 0 Å². The topological polar surface area (TPSA) is 41.9 Å². The molecule has 5 rings (SSSR count). The van der Waals surface area contributed by atoms with Crippen molar-refractivity contribution in [1.82, 2.24) is 4.90 Å². The molecule has 0 spiro atoms. The summed E-state index contributed by atoms with van der Waals surface area (Å²) >= 11 is 6.22. The van der Waals surface area contributed by atoms with Crippen LogP contribution in [0.1, 0.15) is 36.0 Å². The molecule has 0 fully saturated rings. The van der Waals surface area contributed by atoms with Crippen molar-refractivity contribution in [1.29, 1.82) is 0 Å². The molecule has 0 amide bonds. The molecule has 3 aromatic carbocycles.